The summed E-state index contributed by atoms with van der Waals surface area (Å²) in [7, 11) is 1.67. The molecule has 0 amide bonds. The van der Waals surface area contributed by atoms with Gasteiger partial charge in [0.2, 0.25) is 0 Å². The SMILES string of the molecule is COc1ccccc1Cn1c(CO)cnc1SCc1ccccc1. The van der Waals surface area contributed by atoms with Gasteiger partial charge < -0.3 is 14.4 Å². The number of aliphatic hydroxyl groups excluding tert-OH is 1. The van der Waals surface area contributed by atoms with E-state index in [2.05, 4.69) is 17.1 Å². The van der Waals surface area contributed by atoms with E-state index in [1.165, 1.54) is 5.56 Å². The summed E-state index contributed by atoms with van der Waals surface area (Å²) in [5, 5.41) is 10.5. The number of hydrogen-bond acceptors (Lipinski definition) is 4. The predicted octanol–water partition coefficient (Wildman–Crippen LogP) is 3.72. The molecule has 0 saturated carbocycles. The van der Waals surface area contributed by atoms with Crippen LogP contribution in [0.2, 0.25) is 0 Å². The molecule has 2 aromatic carbocycles. The number of benzene rings is 2. The maximum Gasteiger partial charge on any atom is 0.168 e. The molecule has 24 heavy (non-hydrogen) atoms. The first-order valence-electron chi connectivity index (χ1n) is 7.75. The third kappa shape index (κ3) is 3.80. The Morgan fingerprint density at radius 3 is 2.58 bits per heavy atom. The van der Waals surface area contributed by atoms with Gasteiger partial charge in [-0.05, 0) is 11.6 Å². The van der Waals surface area contributed by atoms with Crippen LogP contribution in [0.1, 0.15) is 16.8 Å². The summed E-state index contributed by atoms with van der Waals surface area (Å²) in [6.45, 7) is 0.588. The van der Waals surface area contributed by atoms with Gasteiger partial charge in [0.25, 0.3) is 0 Å². The molecule has 0 aliphatic heterocycles. The van der Waals surface area contributed by atoms with Gasteiger partial charge in [0.05, 0.1) is 32.2 Å². The van der Waals surface area contributed by atoms with Gasteiger partial charge >= 0.3 is 0 Å². The van der Waals surface area contributed by atoms with E-state index in [4.69, 9.17) is 4.74 Å². The Labute approximate surface area is 146 Å². The highest BCUT2D eigenvalue weighted by molar-refractivity contribution is 7.98. The molecular formula is C19H20N2O2S. The fourth-order valence-corrected chi connectivity index (χ4v) is 3.48. The molecule has 1 heterocycles. The highest BCUT2D eigenvalue weighted by atomic mass is 32.2. The molecule has 0 aliphatic carbocycles. The van der Waals surface area contributed by atoms with Crippen LogP contribution in [-0.2, 0) is 18.9 Å². The number of rotatable bonds is 7. The fraction of sp³-hybridized carbons (Fsp3) is 0.211. The van der Waals surface area contributed by atoms with Crippen LogP contribution in [0.3, 0.4) is 0 Å². The molecule has 0 spiro atoms. The van der Waals surface area contributed by atoms with Crippen molar-refractivity contribution >= 4 is 11.8 Å². The molecule has 1 N–H and O–H groups in total. The predicted molar refractivity (Wildman–Crippen MR) is 96.2 cm³/mol. The van der Waals surface area contributed by atoms with E-state index in [0.29, 0.717) is 6.54 Å². The monoisotopic (exact) mass is 340 g/mol. The Kier molecular flexibility index (Phi) is 5.56. The first-order valence-corrected chi connectivity index (χ1v) is 8.74. The topological polar surface area (TPSA) is 47.3 Å². The highest BCUT2D eigenvalue weighted by Crippen LogP contribution is 2.26. The molecule has 0 saturated heterocycles. The minimum Gasteiger partial charge on any atom is -0.496 e. The van der Waals surface area contributed by atoms with Crippen molar-refractivity contribution in [2.75, 3.05) is 7.11 Å². The first kappa shape index (κ1) is 16.6. The molecule has 3 aromatic rings. The van der Waals surface area contributed by atoms with Gasteiger partial charge in [0.15, 0.2) is 5.16 Å². The van der Waals surface area contributed by atoms with Crippen molar-refractivity contribution in [3.63, 3.8) is 0 Å². The summed E-state index contributed by atoms with van der Waals surface area (Å²) >= 11 is 1.67. The van der Waals surface area contributed by atoms with Crippen molar-refractivity contribution in [1.82, 2.24) is 9.55 Å². The van der Waals surface area contributed by atoms with E-state index in [9.17, 15) is 5.11 Å². The van der Waals surface area contributed by atoms with Gasteiger partial charge in [0.1, 0.15) is 5.75 Å². The second kappa shape index (κ2) is 8.04. The van der Waals surface area contributed by atoms with Gasteiger partial charge in [-0.1, -0.05) is 60.3 Å². The van der Waals surface area contributed by atoms with Gasteiger partial charge in [-0.25, -0.2) is 4.98 Å². The molecular weight excluding hydrogens is 320 g/mol. The van der Waals surface area contributed by atoms with Gasteiger partial charge in [-0.15, -0.1) is 0 Å². The van der Waals surface area contributed by atoms with Crippen LogP contribution < -0.4 is 4.74 Å². The number of para-hydroxylation sites is 1. The average molecular weight is 340 g/mol. The lowest BCUT2D eigenvalue weighted by Gasteiger charge is -2.13. The molecule has 0 aliphatic rings. The maximum atomic E-state index is 9.62. The maximum absolute atomic E-state index is 9.62. The second-order valence-corrected chi connectivity index (χ2v) is 6.30. The molecule has 3 rings (SSSR count). The first-order chi connectivity index (χ1) is 11.8. The Bertz CT molecular complexity index is 787. The van der Waals surface area contributed by atoms with E-state index in [1.807, 2.05) is 47.0 Å². The van der Waals surface area contributed by atoms with Crippen molar-refractivity contribution in [3.8, 4) is 5.75 Å². The number of aromatic nitrogens is 2. The van der Waals surface area contributed by atoms with Gasteiger partial charge in [-0.2, -0.15) is 0 Å². The molecule has 124 valence electrons. The standard InChI is InChI=1S/C19H20N2O2S/c1-23-18-10-6-5-9-16(18)12-21-17(13-22)11-20-19(21)24-14-15-7-3-2-4-8-15/h2-11,22H,12-14H2,1H3. The number of nitrogens with zero attached hydrogens (tertiary/aromatic N) is 2. The lowest BCUT2D eigenvalue weighted by Crippen LogP contribution is -2.07. The molecule has 0 atom stereocenters. The summed E-state index contributed by atoms with van der Waals surface area (Å²) in [6.07, 6.45) is 1.74. The van der Waals surface area contributed by atoms with E-state index < -0.39 is 0 Å². The molecule has 0 unspecified atom stereocenters. The Hall–Kier alpha value is -2.24. The third-order valence-corrected chi connectivity index (χ3v) is 4.86. The van der Waals surface area contributed by atoms with Crippen molar-refractivity contribution in [1.29, 1.82) is 0 Å². The normalized spacial score (nSPS) is 10.8. The van der Waals surface area contributed by atoms with E-state index in [-0.39, 0.29) is 6.61 Å². The number of methoxy groups -OCH3 is 1. The van der Waals surface area contributed by atoms with Crippen LogP contribution in [0.25, 0.3) is 0 Å². The summed E-state index contributed by atoms with van der Waals surface area (Å²) in [4.78, 5) is 4.48. The van der Waals surface area contributed by atoms with E-state index in [1.54, 1.807) is 25.1 Å². The molecule has 4 nitrogen and oxygen atoms in total. The average Bonchev–Trinajstić information content (AvgIpc) is 3.03. The van der Waals surface area contributed by atoms with Crippen LogP contribution in [0.15, 0.2) is 66.0 Å². The van der Waals surface area contributed by atoms with Crippen molar-refractivity contribution in [2.45, 2.75) is 24.1 Å². The lowest BCUT2D eigenvalue weighted by molar-refractivity contribution is 0.270. The number of imidazole rings is 1. The van der Waals surface area contributed by atoms with Gasteiger partial charge in [0, 0.05) is 11.3 Å². The molecule has 1 aromatic heterocycles. The van der Waals surface area contributed by atoms with E-state index in [0.717, 1.165) is 27.9 Å². The van der Waals surface area contributed by atoms with Crippen LogP contribution in [-0.4, -0.2) is 21.8 Å². The van der Waals surface area contributed by atoms with E-state index >= 15 is 0 Å². The minimum atomic E-state index is -0.0337. The zero-order valence-corrected chi connectivity index (χ0v) is 14.4. The van der Waals surface area contributed by atoms with Crippen molar-refractivity contribution < 1.29 is 9.84 Å². The quantitative estimate of drug-likeness (QED) is 0.666. The number of hydrogen-bond donors (Lipinski definition) is 1. The largest absolute Gasteiger partial charge is 0.496 e. The minimum absolute atomic E-state index is 0.0337. The summed E-state index contributed by atoms with van der Waals surface area (Å²) in [6, 6.07) is 18.2. The van der Waals surface area contributed by atoms with Crippen LogP contribution in [0.4, 0.5) is 0 Å². The second-order valence-electron chi connectivity index (χ2n) is 5.36. The molecule has 0 fully saturated rings. The number of thioether (sulfide) groups is 1. The van der Waals surface area contributed by atoms with Gasteiger partial charge in [-0.3, -0.25) is 0 Å². The van der Waals surface area contributed by atoms with Crippen LogP contribution in [0.5, 0.6) is 5.75 Å². The summed E-state index contributed by atoms with van der Waals surface area (Å²) < 4.78 is 7.48. The Morgan fingerprint density at radius 2 is 1.83 bits per heavy atom. The summed E-state index contributed by atoms with van der Waals surface area (Å²) in [5.74, 6) is 1.68. The molecule has 0 bridgehead atoms. The van der Waals surface area contributed by atoms with Crippen molar-refractivity contribution in [2.24, 2.45) is 0 Å². The number of ether oxygens (including phenoxy) is 1. The van der Waals surface area contributed by atoms with Crippen molar-refractivity contribution in [3.05, 3.63) is 77.6 Å². The van der Waals surface area contributed by atoms with Crippen LogP contribution in [0, 0.1) is 0 Å². The zero-order chi connectivity index (χ0) is 16.8. The smallest absolute Gasteiger partial charge is 0.168 e. The number of aliphatic hydroxyl groups is 1. The third-order valence-electron chi connectivity index (χ3n) is 3.80. The molecule has 5 heteroatoms. The zero-order valence-electron chi connectivity index (χ0n) is 13.6. The Morgan fingerprint density at radius 1 is 1.08 bits per heavy atom. The fourth-order valence-electron chi connectivity index (χ4n) is 2.53. The highest BCUT2D eigenvalue weighted by Gasteiger charge is 2.12. The van der Waals surface area contributed by atoms with Crippen LogP contribution >= 0.6 is 11.8 Å². The Balaban J connectivity index is 1.82. The lowest BCUT2D eigenvalue weighted by atomic mass is 10.2. The summed E-state index contributed by atoms with van der Waals surface area (Å²) in [5.41, 5.74) is 3.12. The molecule has 0 radical (unpaired) electrons.